The van der Waals surface area contributed by atoms with Gasteiger partial charge in [0.2, 0.25) is 11.8 Å². The van der Waals surface area contributed by atoms with Gasteiger partial charge in [0, 0.05) is 60.4 Å². The van der Waals surface area contributed by atoms with E-state index in [1.165, 1.54) is 83.9 Å². The van der Waals surface area contributed by atoms with Gasteiger partial charge in [-0.15, -0.1) is 11.8 Å². The number of non-ortho nitro benzene ring substituents is 2. The maximum atomic E-state index is 13.6. The Morgan fingerprint density at radius 2 is 1.55 bits per heavy atom. The van der Waals surface area contributed by atoms with E-state index in [0.717, 1.165) is 0 Å². The summed E-state index contributed by atoms with van der Waals surface area (Å²) in [4.78, 5) is 76.1. The van der Waals surface area contributed by atoms with Crippen LogP contribution in [0.5, 0.6) is 0 Å². The minimum absolute atomic E-state index is 0.0592. The van der Waals surface area contributed by atoms with Gasteiger partial charge in [0.15, 0.2) is 0 Å². The Labute approximate surface area is 284 Å². The van der Waals surface area contributed by atoms with Crippen LogP contribution in [0.2, 0.25) is 0 Å². The van der Waals surface area contributed by atoms with Gasteiger partial charge >= 0.3 is 12.1 Å². The lowest BCUT2D eigenvalue weighted by Crippen LogP contribution is -2.63. The minimum Gasteiger partial charge on any atom is -0.456 e. The number of esters is 1. The van der Waals surface area contributed by atoms with Crippen molar-refractivity contribution in [1.29, 1.82) is 0 Å². The zero-order chi connectivity index (χ0) is 35.6. The molecule has 0 unspecified atom stereocenters. The first-order valence-corrected chi connectivity index (χ1v) is 16.4. The van der Waals surface area contributed by atoms with Crippen LogP contribution in [0.4, 0.5) is 16.2 Å². The Bertz CT molecular complexity index is 1680. The Morgan fingerprint density at radius 1 is 1.00 bits per heavy atom. The molecule has 2 saturated heterocycles. The smallest absolute Gasteiger partial charge is 0.410 e. The van der Waals surface area contributed by atoms with Gasteiger partial charge in [0.25, 0.3) is 11.4 Å². The fourth-order valence-electron chi connectivity index (χ4n) is 6.36. The Kier molecular flexibility index (Phi) is 10.5. The first-order chi connectivity index (χ1) is 23.3. The lowest BCUT2D eigenvalue weighted by atomic mass is 9.79. The molecule has 2 aromatic rings. The maximum absolute atomic E-state index is 13.6. The van der Waals surface area contributed by atoms with E-state index in [2.05, 4.69) is 5.32 Å². The Morgan fingerprint density at radius 3 is 2.06 bits per heavy atom. The molecule has 3 aliphatic heterocycles. The number of thioether (sulfide) groups is 1. The van der Waals surface area contributed by atoms with Crippen LogP contribution in [-0.2, 0) is 37.1 Å². The standard InChI is InChI=1S/C32H35N5O11S/c1-17-27-26(18(2)38)30(40)35(27)28(31(41)47-15-20-4-8-22(9-5-20)36(43)44)29(17)49-25-12-24(13-33-19(3)39)34(14-25)32(42)48-16-21-6-10-23(11-7-21)37(45)46/h4-11,17-18,24-27,38H,12-16H2,1-3H3,(H,33,39)/t17-,18-,24+,25+,26-,27-/m1/s1. The van der Waals surface area contributed by atoms with E-state index < -0.39 is 51.9 Å². The monoisotopic (exact) mass is 697 g/mol. The number of likely N-dealkylation sites (tertiary alicyclic amines) is 1. The third-order valence-electron chi connectivity index (χ3n) is 8.82. The fourth-order valence-corrected chi connectivity index (χ4v) is 7.92. The van der Waals surface area contributed by atoms with E-state index in [9.17, 15) is 44.5 Å². The molecule has 3 aliphatic rings. The molecular weight excluding hydrogens is 662 g/mol. The predicted molar refractivity (Wildman–Crippen MR) is 173 cm³/mol. The Hall–Kier alpha value is -5.03. The number of carbonyl (C=O) groups is 4. The maximum Gasteiger partial charge on any atom is 0.410 e. The van der Waals surface area contributed by atoms with Gasteiger partial charge in [-0.25, -0.2) is 9.59 Å². The second-order valence-corrected chi connectivity index (χ2v) is 13.5. The highest BCUT2D eigenvalue weighted by Gasteiger charge is 2.60. The molecule has 0 bridgehead atoms. The van der Waals surface area contributed by atoms with Crippen LogP contribution < -0.4 is 5.32 Å². The van der Waals surface area contributed by atoms with Gasteiger partial charge in [-0.05, 0) is 48.7 Å². The lowest BCUT2D eigenvalue weighted by molar-refractivity contribution is -0.385. The van der Waals surface area contributed by atoms with Gasteiger partial charge in [0.05, 0.1) is 34.0 Å². The summed E-state index contributed by atoms with van der Waals surface area (Å²) in [7, 11) is 0. The largest absolute Gasteiger partial charge is 0.456 e. The number of fused-ring (bicyclic) bond motifs is 1. The number of benzene rings is 2. The molecule has 5 rings (SSSR count). The van der Waals surface area contributed by atoms with Gasteiger partial charge in [0.1, 0.15) is 18.9 Å². The van der Waals surface area contributed by atoms with Crippen molar-refractivity contribution in [3.63, 3.8) is 0 Å². The molecule has 2 aromatic carbocycles. The fraction of sp³-hybridized carbons (Fsp3) is 0.438. The van der Waals surface area contributed by atoms with Gasteiger partial charge in [-0.3, -0.25) is 29.8 Å². The van der Waals surface area contributed by atoms with Crippen LogP contribution in [0, 0.1) is 32.1 Å². The summed E-state index contributed by atoms with van der Waals surface area (Å²) >= 11 is 1.33. The summed E-state index contributed by atoms with van der Waals surface area (Å²) in [6.45, 7) is 4.74. The summed E-state index contributed by atoms with van der Waals surface area (Å²) in [6.07, 6.45) is -1.19. The van der Waals surface area contributed by atoms with Crippen molar-refractivity contribution >= 4 is 47.0 Å². The van der Waals surface area contributed by atoms with E-state index in [0.29, 0.717) is 22.5 Å². The van der Waals surface area contributed by atoms with Crippen LogP contribution in [0.1, 0.15) is 38.3 Å². The zero-order valence-electron chi connectivity index (χ0n) is 26.8. The van der Waals surface area contributed by atoms with Crippen LogP contribution in [0.15, 0.2) is 59.1 Å². The van der Waals surface area contributed by atoms with Crippen molar-refractivity contribution in [2.75, 3.05) is 13.1 Å². The summed E-state index contributed by atoms with van der Waals surface area (Å²) < 4.78 is 11.1. The molecule has 2 fully saturated rings. The highest BCUT2D eigenvalue weighted by atomic mass is 32.2. The van der Waals surface area contributed by atoms with Gasteiger partial charge in [-0.1, -0.05) is 6.92 Å². The van der Waals surface area contributed by atoms with Crippen LogP contribution in [-0.4, -0.2) is 85.2 Å². The molecule has 3 amide bonds. The molecule has 0 aromatic heterocycles. The molecule has 0 radical (unpaired) electrons. The number of nitro benzene ring substituents is 2. The van der Waals surface area contributed by atoms with Crippen molar-refractivity contribution in [2.45, 2.75) is 63.8 Å². The summed E-state index contributed by atoms with van der Waals surface area (Å²) in [5.41, 5.74) is 0.903. The highest BCUT2D eigenvalue weighted by Crippen LogP contribution is 2.52. The molecule has 16 nitrogen and oxygen atoms in total. The number of nitrogens with one attached hydrogen (secondary N) is 1. The van der Waals surface area contributed by atoms with Crippen LogP contribution in [0.3, 0.4) is 0 Å². The quantitative estimate of drug-likeness (QED) is 0.142. The van der Waals surface area contributed by atoms with Gasteiger partial charge < -0.3 is 29.7 Å². The number of rotatable bonds is 12. The number of β-lactam (4-membered cyclic amide) rings is 1. The highest BCUT2D eigenvalue weighted by molar-refractivity contribution is 8.03. The van der Waals surface area contributed by atoms with E-state index in [-0.39, 0.29) is 60.5 Å². The average Bonchev–Trinajstić information content (AvgIpc) is 3.57. The third kappa shape index (κ3) is 7.51. The number of amides is 3. The van der Waals surface area contributed by atoms with Crippen molar-refractivity contribution in [1.82, 2.24) is 15.1 Å². The molecule has 2 N–H and O–H groups in total. The first kappa shape index (κ1) is 35.3. The number of ether oxygens (including phenoxy) is 2. The average molecular weight is 698 g/mol. The summed E-state index contributed by atoms with van der Waals surface area (Å²) in [5, 5.41) is 34.8. The third-order valence-corrected chi connectivity index (χ3v) is 10.3. The molecule has 6 atom stereocenters. The SMILES string of the molecule is CC(=O)NC[C@@H]1C[C@H](SC2=C(C(=O)OCc3ccc([N+](=O)[O-])cc3)N3C(=O)[C@H]([C@@H](C)O)[C@H]3[C@H]2C)CN1C(=O)OCc1ccc([N+](=O)[O-])cc1. The number of hydrogen-bond donors (Lipinski definition) is 2. The minimum atomic E-state index is -0.951. The number of nitro groups is 2. The summed E-state index contributed by atoms with van der Waals surface area (Å²) in [5.74, 6) is -2.52. The molecule has 17 heteroatoms. The Balaban J connectivity index is 1.33. The van der Waals surface area contributed by atoms with Crippen molar-refractivity contribution in [2.24, 2.45) is 11.8 Å². The molecule has 3 heterocycles. The molecule has 0 aliphatic carbocycles. The normalized spacial score (nSPS) is 23.4. The summed E-state index contributed by atoms with van der Waals surface area (Å²) in [6, 6.07) is 10.2. The number of aliphatic hydroxyl groups is 1. The zero-order valence-corrected chi connectivity index (χ0v) is 27.7. The first-order valence-electron chi connectivity index (χ1n) is 15.5. The molecule has 49 heavy (non-hydrogen) atoms. The molecule has 0 saturated carbocycles. The number of hydrogen-bond acceptors (Lipinski definition) is 12. The van der Waals surface area contributed by atoms with E-state index in [1.54, 1.807) is 0 Å². The number of aliphatic hydroxyl groups excluding tert-OH is 1. The van der Waals surface area contributed by atoms with Gasteiger partial charge in [-0.2, -0.15) is 0 Å². The van der Waals surface area contributed by atoms with E-state index in [1.807, 2.05) is 6.92 Å². The van der Waals surface area contributed by atoms with E-state index >= 15 is 0 Å². The predicted octanol–water partition coefficient (Wildman–Crippen LogP) is 3.26. The second kappa shape index (κ2) is 14.6. The van der Waals surface area contributed by atoms with Crippen LogP contribution >= 0.6 is 11.8 Å². The van der Waals surface area contributed by atoms with Crippen LogP contribution in [0.25, 0.3) is 0 Å². The van der Waals surface area contributed by atoms with Crippen molar-refractivity contribution < 1.29 is 43.6 Å². The molecular formula is C32H35N5O11S. The molecule has 260 valence electrons. The number of nitrogens with zero attached hydrogens (tertiary/aromatic N) is 4. The van der Waals surface area contributed by atoms with E-state index in [4.69, 9.17) is 9.47 Å². The molecule has 0 spiro atoms. The van der Waals surface area contributed by atoms with Crippen molar-refractivity contribution in [3.8, 4) is 0 Å². The van der Waals surface area contributed by atoms with Crippen molar-refractivity contribution in [3.05, 3.63) is 90.5 Å². The number of carbonyl (C=O) groups excluding carboxylic acids is 4. The second-order valence-electron chi connectivity index (χ2n) is 12.2. The lowest BCUT2D eigenvalue weighted by Gasteiger charge is -2.46. The topological polar surface area (TPSA) is 212 Å².